The molecule has 1 saturated heterocycles. The van der Waals surface area contributed by atoms with Crippen LogP contribution in [-0.2, 0) is 11.3 Å². The van der Waals surface area contributed by atoms with Crippen molar-refractivity contribution in [1.29, 1.82) is 0 Å². The van der Waals surface area contributed by atoms with Crippen LogP contribution < -0.4 is 5.32 Å². The molecule has 0 aromatic carbocycles. The summed E-state index contributed by atoms with van der Waals surface area (Å²) in [5.74, 6) is 0.0430. The molecule has 1 atom stereocenters. The molecule has 7 heteroatoms. The largest absolute Gasteiger partial charge is 0.387 e. The van der Waals surface area contributed by atoms with Crippen molar-refractivity contribution in [1.82, 2.24) is 25.2 Å². The Morgan fingerprint density at radius 1 is 1.36 bits per heavy atom. The van der Waals surface area contributed by atoms with Crippen LogP contribution in [0.3, 0.4) is 0 Å². The molecule has 3 rings (SSSR count). The van der Waals surface area contributed by atoms with E-state index in [-0.39, 0.29) is 5.91 Å². The average molecular weight is 347 g/mol. The standard InChI is InChI=1S/C18H29N5O2/c24-17(19-9-7-16-5-2-1-3-6-16)13-22-11-4-8-18(25,14-22)15-23-12-10-20-21-23/h5,10,12,25H,1-4,6-9,11,13-15H2,(H,19,24). The van der Waals surface area contributed by atoms with Crippen molar-refractivity contribution in [2.75, 3.05) is 26.2 Å². The van der Waals surface area contributed by atoms with E-state index in [1.54, 1.807) is 17.1 Å². The lowest BCUT2D eigenvalue weighted by atomic mass is 9.93. The molecular formula is C18H29N5O2. The molecule has 1 unspecified atom stereocenters. The fraction of sp³-hybridized carbons (Fsp3) is 0.722. The smallest absolute Gasteiger partial charge is 0.234 e. The van der Waals surface area contributed by atoms with Gasteiger partial charge in [0.05, 0.1) is 24.9 Å². The van der Waals surface area contributed by atoms with Crippen molar-refractivity contribution >= 4 is 5.91 Å². The van der Waals surface area contributed by atoms with Crippen LogP contribution in [-0.4, -0.2) is 62.7 Å². The summed E-state index contributed by atoms with van der Waals surface area (Å²) in [7, 11) is 0. The summed E-state index contributed by atoms with van der Waals surface area (Å²) in [5.41, 5.74) is 0.630. The second kappa shape index (κ2) is 8.58. The van der Waals surface area contributed by atoms with Gasteiger partial charge in [0.15, 0.2) is 0 Å². The number of carbonyl (C=O) groups is 1. The summed E-state index contributed by atoms with van der Waals surface area (Å²) in [6.07, 6.45) is 13.2. The molecule has 1 amide bonds. The number of likely N-dealkylation sites (tertiary alicyclic amines) is 1. The quantitative estimate of drug-likeness (QED) is 0.722. The average Bonchev–Trinajstić information content (AvgIpc) is 3.08. The zero-order valence-electron chi connectivity index (χ0n) is 14.9. The van der Waals surface area contributed by atoms with E-state index in [1.807, 2.05) is 4.90 Å². The molecule has 0 saturated carbocycles. The van der Waals surface area contributed by atoms with Gasteiger partial charge in [0.2, 0.25) is 5.91 Å². The molecule has 1 aromatic heterocycles. The first-order valence-electron chi connectivity index (χ1n) is 9.36. The molecule has 2 N–H and O–H groups in total. The zero-order chi connectivity index (χ0) is 17.5. The summed E-state index contributed by atoms with van der Waals surface area (Å²) >= 11 is 0. The molecule has 2 heterocycles. The van der Waals surface area contributed by atoms with Gasteiger partial charge in [-0.1, -0.05) is 16.9 Å². The second-order valence-electron chi connectivity index (χ2n) is 7.35. The number of amides is 1. The second-order valence-corrected chi connectivity index (χ2v) is 7.35. The van der Waals surface area contributed by atoms with Crippen LogP contribution in [0.4, 0.5) is 0 Å². The first-order valence-corrected chi connectivity index (χ1v) is 9.36. The van der Waals surface area contributed by atoms with E-state index in [1.165, 1.54) is 31.3 Å². The number of nitrogens with zero attached hydrogens (tertiary/aromatic N) is 4. The number of aromatic nitrogens is 3. The molecule has 1 fully saturated rings. The zero-order valence-corrected chi connectivity index (χ0v) is 14.9. The number of aliphatic hydroxyl groups is 1. The van der Waals surface area contributed by atoms with Crippen LogP contribution in [0.15, 0.2) is 24.0 Å². The SMILES string of the molecule is O=C(CN1CCCC(O)(Cn2ccnn2)C1)NCCC1=CCCCC1. The number of piperidine rings is 1. The molecule has 1 aromatic rings. The summed E-state index contributed by atoms with van der Waals surface area (Å²) in [4.78, 5) is 14.2. The maximum atomic E-state index is 12.2. The lowest BCUT2D eigenvalue weighted by Gasteiger charge is -2.38. The van der Waals surface area contributed by atoms with Crippen LogP contribution in [0, 0.1) is 0 Å². The molecule has 138 valence electrons. The predicted molar refractivity (Wildman–Crippen MR) is 94.8 cm³/mol. The molecule has 0 bridgehead atoms. The Labute approximate surface area is 149 Å². The number of hydrogen-bond donors (Lipinski definition) is 2. The van der Waals surface area contributed by atoms with Gasteiger partial charge in [0.1, 0.15) is 0 Å². The predicted octanol–water partition coefficient (Wildman–Crippen LogP) is 1.11. The first kappa shape index (κ1) is 18.1. The molecule has 25 heavy (non-hydrogen) atoms. The Balaban J connectivity index is 1.40. The summed E-state index contributed by atoms with van der Waals surface area (Å²) in [6, 6.07) is 0. The van der Waals surface area contributed by atoms with Crippen LogP contribution in [0.25, 0.3) is 0 Å². The lowest BCUT2D eigenvalue weighted by molar-refractivity contribution is -0.124. The van der Waals surface area contributed by atoms with Crippen LogP contribution in [0.5, 0.6) is 0 Å². The van der Waals surface area contributed by atoms with Crippen molar-refractivity contribution in [3.63, 3.8) is 0 Å². The molecule has 0 radical (unpaired) electrons. The Hall–Kier alpha value is -1.73. The van der Waals surface area contributed by atoms with Gasteiger partial charge < -0.3 is 10.4 Å². The van der Waals surface area contributed by atoms with E-state index in [9.17, 15) is 9.90 Å². The third kappa shape index (κ3) is 5.64. The number of β-amino-alcohol motifs (C(OH)–C–C–N with tert-alkyl or cyclic N) is 1. The van der Waals surface area contributed by atoms with Crippen molar-refractivity contribution in [2.45, 2.75) is 57.1 Å². The van der Waals surface area contributed by atoms with Gasteiger partial charge in [0, 0.05) is 19.3 Å². The molecule has 7 nitrogen and oxygen atoms in total. The van der Waals surface area contributed by atoms with Crippen LogP contribution in [0.1, 0.15) is 44.9 Å². The highest BCUT2D eigenvalue weighted by Crippen LogP contribution is 2.22. The van der Waals surface area contributed by atoms with E-state index in [4.69, 9.17) is 0 Å². The highest BCUT2D eigenvalue weighted by atomic mass is 16.3. The first-order chi connectivity index (χ1) is 12.1. The normalized spacial score (nSPS) is 24.8. The van der Waals surface area contributed by atoms with Crippen molar-refractivity contribution in [3.05, 3.63) is 24.0 Å². The van der Waals surface area contributed by atoms with E-state index >= 15 is 0 Å². The van der Waals surface area contributed by atoms with Gasteiger partial charge in [-0.25, -0.2) is 4.68 Å². The number of allylic oxidation sites excluding steroid dienone is 1. The Kier molecular flexibility index (Phi) is 6.20. The number of rotatable bonds is 7. The van der Waals surface area contributed by atoms with Gasteiger partial charge in [-0.3, -0.25) is 9.69 Å². The number of hydrogen-bond acceptors (Lipinski definition) is 5. The third-order valence-corrected chi connectivity index (χ3v) is 5.08. The topological polar surface area (TPSA) is 83.3 Å². The molecular weight excluding hydrogens is 318 g/mol. The summed E-state index contributed by atoms with van der Waals surface area (Å²) in [6.45, 7) is 2.81. The van der Waals surface area contributed by atoms with Gasteiger partial charge in [0.25, 0.3) is 0 Å². The molecule has 2 aliphatic rings. The van der Waals surface area contributed by atoms with E-state index in [2.05, 4.69) is 21.7 Å². The number of carbonyl (C=O) groups excluding carboxylic acids is 1. The molecule has 0 spiro atoms. The fourth-order valence-corrected chi connectivity index (χ4v) is 3.84. The highest BCUT2D eigenvalue weighted by molar-refractivity contribution is 5.78. The van der Waals surface area contributed by atoms with Crippen LogP contribution in [0.2, 0.25) is 0 Å². The Morgan fingerprint density at radius 2 is 2.28 bits per heavy atom. The number of nitrogens with one attached hydrogen (secondary N) is 1. The van der Waals surface area contributed by atoms with E-state index < -0.39 is 5.60 Å². The maximum Gasteiger partial charge on any atom is 0.234 e. The Bertz CT molecular complexity index is 586. The summed E-state index contributed by atoms with van der Waals surface area (Å²) in [5, 5.41) is 21.5. The van der Waals surface area contributed by atoms with Gasteiger partial charge in [-0.2, -0.15) is 0 Å². The lowest BCUT2D eigenvalue weighted by Crippen LogP contribution is -2.52. The van der Waals surface area contributed by atoms with E-state index in [0.717, 1.165) is 25.8 Å². The van der Waals surface area contributed by atoms with Crippen molar-refractivity contribution < 1.29 is 9.90 Å². The minimum atomic E-state index is -0.848. The monoisotopic (exact) mass is 347 g/mol. The minimum absolute atomic E-state index is 0.0430. The van der Waals surface area contributed by atoms with Crippen molar-refractivity contribution in [2.24, 2.45) is 0 Å². The highest BCUT2D eigenvalue weighted by Gasteiger charge is 2.34. The molecule has 1 aliphatic heterocycles. The molecule has 1 aliphatic carbocycles. The maximum absolute atomic E-state index is 12.2. The van der Waals surface area contributed by atoms with Gasteiger partial charge in [-0.05, 0) is 51.5 Å². The van der Waals surface area contributed by atoms with Crippen LogP contribution >= 0.6 is 0 Å². The Morgan fingerprint density at radius 3 is 3.04 bits per heavy atom. The minimum Gasteiger partial charge on any atom is -0.387 e. The van der Waals surface area contributed by atoms with Gasteiger partial charge in [-0.15, -0.1) is 5.10 Å². The van der Waals surface area contributed by atoms with E-state index in [0.29, 0.717) is 26.2 Å². The third-order valence-electron chi connectivity index (χ3n) is 5.08. The fourth-order valence-electron chi connectivity index (χ4n) is 3.84. The summed E-state index contributed by atoms with van der Waals surface area (Å²) < 4.78 is 1.65. The van der Waals surface area contributed by atoms with Crippen molar-refractivity contribution in [3.8, 4) is 0 Å². The van der Waals surface area contributed by atoms with Gasteiger partial charge >= 0.3 is 0 Å².